The van der Waals surface area contributed by atoms with E-state index in [0.717, 1.165) is 38.4 Å². The first-order valence-electron chi connectivity index (χ1n) is 9.82. The van der Waals surface area contributed by atoms with Crippen molar-refractivity contribution >= 4 is 17.5 Å². The predicted octanol–water partition coefficient (Wildman–Crippen LogP) is 3.50. The van der Waals surface area contributed by atoms with Crippen molar-refractivity contribution in [3.63, 3.8) is 0 Å². The van der Waals surface area contributed by atoms with Gasteiger partial charge in [-0.05, 0) is 38.5 Å². The number of imide groups is 1. The lowest BCUT2D eigenvalue weighted by molar-refractivity contribution is 0.0693. The molecule has 1 saturated heterocycles. The van der Waals surface area contributed by atoms with Gasteiger partial charge < -0.3 is 4.90 Å². The van der Waals surface area contributed by atoms with Gasteiger partial charge in [0.1, 0.15) is 0 Å². The fraction of sp³-hybridized carbons (Fsp3) is 0.391. The second-order valence-corrected chi connectivity index (χ2v) is 7.54. The van der Waals surface area contributed by atoms with Gasteiger partial charge in [0.2, 0.25) is 0 Å². The summed E-state index contributed by atoms with van der Waals surface area (Å²) in [4.78, 5) is 30.7. The lowest BCUT2D eigenvalue weighted by atomic mass is 10.1. The Hall–Kier alpha value is -2.66. The van der Waals surface area contributed by atoms with E-state index < -0.39 is 0 Å². The summed E-state index contributed by atoms with van der Waals surface area (Å²) < 4.78 is 0. The van der Waals surface area contributed by atoms with Gasteiger partial charge in [-0.15, -0.1) is 0 Å². The molecule has 1 fully saturated rings. The molecular formula is C23H29N3O2. The van der Waals surface area contributed by atoms with Crippen molar-refractivity contribution in [3.05, 3.63) is 64.8 Å². The summed E-state index contributed by atoms with van der Waals surface area (Å²) in [7, 11) is 1.55. The highest BCUT2D eigenvalue weighted by Crippen LogP contribution is 2.31. The Morgan fingerprint density at radius 1 is 1.04 bits per heavy atom. The topological polar surface area (TPSA) is 43.9 Å². The lowest BCUT2D eigenvalue weighted by Crippen LogP contribution is -2.47. The van der Waals surface area contributed by atoms with Crippen LogP contribution in [0.1, 0.15) is 41.5 Å². The van der Waals surface area contributed by atoms with Gasteiger partial charge in [0.05, 0.1) is 16.8 Å². The molecule has 5 nitrogen and oxygen atoms in total. The third-order valence-corrected chi connectivity index (χ3v) is 5.45. The van der Waals surface area contributed by atoms with E-state index in [-0.39, 0.29) is 11.8 Å². The van der Waals surface area contributed by atoms with Gasteiger partial charge in [0.15, 0.2) is 0 Å². The molecular weight excluding hydrogens is 350 g/mol. The Morgan fingerprint density at radius 2 is 1.75 bits per heavy atom. The smallest absolute Gasteiger partial charge is 0.263 e. The van der Waals surface area contributed by atoms with Crippen molar-refractivity contribution in [1.82, 2.24) is 9.80 Å². The second-order valence-electron chi connectivity index (χ2n) is 7.54. The zero-order valence-electron chi connectivity index (χ0n) is 17.2. The average molecular weight is 380 g/mol. The number of rotatable bonds is 5. The number of anilines is 1. The molecule has 0 atom stereocenters. The summed E-state index contributed by atoms with van der Waals surface area (Å²) in [6.45, 7) is 10.8. The fourth-order valence-corrected chi connectivity index (χ4v) is 3.70. The highest BCUT2D eigenvalue weighted by molar-refractivity contribution is 6.23. The van der Waals surface area contributed by atoms with Crippen LogP contribution in [0, 0.1) is 0 Å². The van der Waals surface area contributed by atoms with Gasteiger partial charge in [-0.2, -0.15) is 0 Å². The first-order chi connectivity index (χ1) is 13.4. The molecule has 0 bridgehead atoms. The number of carbonyl (C=O) groups excluding carboxylic acids is 2. The van der Waals surface area contributed by atoms with E-state index in [9.17, 15) is 9.59 Å². The molecule has 0 radical (unpaired) electrons. The number of hydrogen-bond acceptors (Lipinski definition) is 4. The summed E-state index contributed by atoms with van der Waals surface area (Å²) >= 11 is 0. The van der Waals surface area contributed by atoms with Crippen LogP contribution in [0.25, 0.3) is 0 Å². The molecule has 0 aromatic heterocycles. The molecule has 2 amide bonds. The fourth-order valence-electron chi connectivity index (χ4n) is 3.70. The number of fused-ring (bicyclic) bond motifs is 1. The number of allylic oxidation sites excluding steroid dienone is 4. The van der Waals surface area contributed by atoms with Crippen LogP contribution in [-0.4, -0.2) is 61.4 Å². The van der Waals surface area contributed by atoms with Crippen molar-refractivity contribution in [3.8, 4) is 0 Å². The van der Waals surface area contributed by atoms with Crippen molar-refractivity contribution < 1.29 is 9.59 Å². The van der Waals surface area contributed by atoms with E-state index in [4.69, 9.17) is 0 Å². The third kappa shape index (κ3) is 3.94. The molecule has 1 aromatic rings. The monoisotopic (exact) mass is 379 g/mol. The zero-order valence-corrected chi connectivity index (χ0v) is 17.2. The molecule has 148 valence electrons. The lowest BCUT2D eigenvalue weighted by Gasteiger charge is -2.37. The first kappa shape index (κ1) is 20.1. The van der Waals surface area contributed by atoms with Crippen LogP contribution >= 0.6 is 0 Å². The Balaban J connectivity index is 1.70. The van der Waals surface area contributed by atoms with Crippen molar-refractivity contribution in [2.75, 3.05) is 44.7 Å². The van der Waals surface area contributed by atoms with E-state index in [1.54, 1.807) is 13.1 Å². The molecule has 28 heavy (non-hydrogen) atoms. The van der Waals surface area contributed by atoms with Crippen LogP contribution in [0.4, 0.5) is 5.69 Å². The molecule has 2 aliphatic heterocycles. The molecule has 2 heterocycles. The second kappa shape index (κ2) is 8.57. The number of piperazine rings is 1. The third-order valence-electron chi connectivity index (χ3n) is 5.45. The van der Waals surface area contributed by atoms with Crippen LogP contribution in [-0.2, 0) is 0 Å². The number of amides is 2. The van der Waals surface area contributed by atoms with E-state index in [1.165, 1.54) is 16.0 Å². The van der Waals surface area contributed by atoms with Crippen molar-refractivity contribution in [2.45, 2.75) is 20.8 Å². The van der Waals surface area contributed by atoms with Crippen molar-refractivity contribution in [2.24, 2.45) is 0 Å². The maximum Gasteiger partial charge on any atom is 0.263 e. The molecule has 0 saturated carbocycles. The predicted molar refractivity (Wildman–Crippen MR) is 114 cm³/mol. The van der Waals surface area contributed by atoms with Crippen LogP contribution < -0.4 is 4.90 Å². The quantitative estimate of drug-likeness (QED) is 0.580. The van der Waals surface area contributed by atoms with Gasteiger partial charge >= 0.3 is 0 Å². The van der Waals surface area contributed by atoms with E-state index in [2.05, 4.69) is 35.8 Å². The number of benzene rings is 1. The van der Waals surface area contributed by atoms with Gasteiger partial charge in [-0.25, -0.2) is 0 Å². The normalized spacial score (nSPS) is 17.9. The van der Waals surface area contributed by atoms with Crippen LogP contribution in [0.15, 0.2) is 53.6 Å². The van der Waals surface area contributed by atoms with Gasteiger partial charge in [-0.1, -0.05) is 35.9 Å². The maximum absolute atomic E-state index is 12.5. The van der Waals surface area contributed by atoms with Crippen LogP contribution in [0.2, 0.25) is 0 Å². The Morgan fingerprint density at radius 3 is 2.39 bits per heavy atom. The van der Waals surface area contributed by atoms with Crippen LogP contribution in [0.5, 0.6) is 0 Å². The Kier molecular flexibility index (Phi) is 6.15. The number of hydrogen-bond donors (Lipinski definition) is 0. The molecule has 3 rings (SSSR count). The number of carbonyl (C=O) groups is 2. The van der Waals surface area contributed by atoms with Crippen molar-refractivity contribution in [1.29, 1.82) is 0 Å². The molecule has 0 spiro atoms. The van der Waals surface area contributed by atoms with E-state index in [1.807, 2.05) is 31.2 Å². The summed E-state index contributed by atoms with van der Waals surface area (Å²) in [5.74, 6) is -0.402. The molecule has 2 aliphatic rings. The van der Waals surface area contributed by atoms with E-state index >= 15 is 0 Å². The average Bonchev–Trinajstić information content (AvgIpc) is 2.92. The van der Waals surface area contributed by atoms with Crippen LogP contribution in [0.3, 0.4) is 0 Å². The molecule has 5 heteroatoms. The molecule has 0 aliphatic carbocycles. The molecule has 0 unspecified atom stereocenters. The summed E-state index contributed by atoms with van der Waals surface area (Å²) in [6.07, 6.45) is 8.35. The summed E-state index contributed by atoms with van der Waals surface area (Å²) in [5.41, 5.74) is 4.64. The standard InChI is InChI=1S/C23H29N3O2/c1-5-6-7-9-18(17(2)3)16-25-12-14-26(15-13-25)20-11-8-10-19-21(20)23(28)24(4)22(19)27/h5-11H,12-16H2,1-4H3/b6-5-,9-7-. The maximum atomic E-state index is 12.5. The van der Waals surface area contributed by atoms with Gasteiger partial charge in [0.25, 0.3) is 11.8 Å². The first-order valence-corrected chi connectivity index (χ1v) is 9.82. The van der Waals surface area contributed by atoms with Gasteiger partial charge in [0, 0.05) is 39.8 Å². The summed E-state index contributed by atoms with van der Waals surface area (Å²) in [5, 5.41) is 0. The number of nitrogens with zero attached hydrogens (tertiary/aromatic N) is 3. The Labute approximate surface area is 167 Å². The Bertz CT molecular complexity index is 855. The highest BCUT2D eigenvalue weighted by Gasteiger charge is 2.36. The van der Waals surface area contributed by atoms with E-state index in [0.29, 0.717) is 11.1 Å². The molecule has 1 aromatic carbocycles. The minimum absolute atomic E-state index is 0.195. The zero-order chi connectivity index (χ0) is 20.3. The van der Waals surface area contributed by atoms with Gasteiger partial charge in [-0.3, -0.25) is 19.4 Å². The highest BCUT2D eigenvalue weighted by atomic mass is 16.2. The minimum atomic E-state index is -0.207. The molecule has 0 N–H and O–H groups in total. The largest absolute Gasteiger partial charge is 0.368 e. The minimum Gasteiger partial charge on any atom is -0.368 e. The SMILES string of the molecule is C/C=C\C=C/C(CN1CCN(c2cccc3c2C(=O)N(C)C3=O)CC1)=C(C)C. The summed E-state index contributed by atoms with van der Waals surface area (Å²) in [6, 6.07) is 5.58.